The van der Waals surface area contributed by atoms with Gasteiger partial charge in [-0.05, 0) is 75.2 Å². The van der Waals surface area contributed by atoms with Crippen LogP contribution in [0.25, 0.3) is 55.3 Å². The van der Waals surface area contributed by atoms with Gasteiger partial charge in [-0.3, -0.25) is 4.99 Å². The Hall–Kier alpha value is -7.95. The van der Waals surface area contributed by atoms with Crippen LogP contribution in [-0.2, 0) is 5.41 Å². The van der Waals surface area contributed by atoms with E-state index in [4.69, 9.17) is 14.1 Å². The Bertz CT molecular complexity index is 3410. The molecule has 4 nitrogen and oxygen atoms in total. The second kappa shape index (κ2) is 14.1. The van der Waals surface area contributed by atoms with Gasteiger partial charge in [-0.15, -0.1) is 0 Å². The molecule has 63 heavy (non-hydrogen) atoms. The lowest BCUT2D eigenvalue weighted by Crippen LogP contribution is -2.32. The topological polar surface area (TPSA) is 46.8 Å². The van der Waals surface area contributed by atoms with Crippen LogP contribution in [-0.4, -0.2) is 5.71 Å². The van der Waals surface area contributed by atoms with Gasteiger partial charge in [0.05, 0.1) is 11.1 Å². The summed E-state index contributed by atoms with van der Waals surface area (Å²) in [4.78, 5) is 5.50. The van der Waals surface area contributed by atoms with Gasteiger partial charge in [0, 0.05) is 44.6 Å². The minimum Gasteiger partial charge on any atom is -0.457 e. The summed E-state index contributed by atoms with van der Waals surface area (Å²) in [6.45, 7) is 0. The highest BCUT2D eigenvalue weighted by Crippen LogP contribution is 2.62. The highest BCUT2D eigenvalue weighted by atomic mass is 16.5. The summed E-state index contributed by atoms with van der Waals surface area (Å²) < 4.78 is 13.3. The molecule has 2 atom stereocenters. The summed E-state index contributed by atoms with van der Waals surface area (Å²) in [6.07, 6.45) is 11.7. The van der Waals surface area contributed by atoms with Crippen molar-refractivity contribution < 1.29 is 9.15 Å². The van der Waals surface area contributed by atoms with Crippen LogP contribution in [0.1, 0.15) is 46.0 Å². The minimum absolute atomic E-state index is 0.214. The van der Waals surface area contributed by atoms with Crippen LogP contribution in [0, 0.1) is 5.92 Å². The summed E-state index contributed by atoms with van der Waals surface area (Å²) in [5.74, 6) is 1.96. The zero-order valence-corrected chi connectivity index (χ0v) is 34.3. The van der Waals surface area contributed by atoms with Gasteiger partial charge < -0.3 is 14.5 Å². The van der Waals surface area contributed by atoms with Gasteiger partial charge in [-0.2, -0.15) is 0 Å². The molecule has 4 heteroatoms. The van der Waals surface area contributed by atoms with Gasteiger partial charge in [0.2, 0.25) is 0 Å². The molecule has 13 rings (SSSR count). The average molecular weight is 809 g/mol. The number of allylic oxidation sites excluding steroid dienone is 5. The van der Waals surface area contributed by atoms with E-state index in [0.717, 1.165) is 90.2 Å². The highest BCUT2D eigenvalue weighted by Gasteiger charge is 2.51. The van der Waals surface area contributed by atoms with E-state index in [1.807, 2.05) is 12.1 Å². The Kier molecular flexibility index (Phi) is 7.98. The summed E-state index contributed by atoms with van der Waals surface area (Å²) in [5.41, 5.74) is 17.4. The van der Waals surface area contributed by atoms with Crippen LogP contribution in [0.15, 0.2) is 227 Å². The van der Waals surface area contributed by atoms with Crippen molar-refractivity contribution in [2.24, 2.45) is 10.9 Å². The van der Waals surface area contributed by atoms with Gasteiger partial charge in [-0.1, -0.05) is 188 Å². The largest absolute Gasteiger partial charge is 0.457 e. The second-order valence-electron chi connectivity index (χ2n) is 16.9. The Morgan fingerprint density at radius 3 is 1.98 bits per heavy atom. The highest BCUT2D eigenvalue weighted by molar-refractivity contribution is 6.11. The predicted molar refractivity (Wildman–Crippen MR) is 255 cm³/mol. The molecule has 0 saturated carbocycles. The normalized spacial score (nSPS) is 17.6. The Morgan fingerprint density at radius 1 is 0.524 bits per heavy atom. The first-order chi connectivity index (χ1) is 31.2. The van der Waals surface area contributed by atoms with E-state index < -0.39 is 5.41 Å². The smallest absolute Gasteiger partial charge is 0.145 e. The van der Waals surface area contributed by atoms with E-state index in [0.29, 0.717) is 0 Å². The van der Waals surface area contributed by atoms with Crippen LogP contribution in [0.2, 0.25) is 0 Å². The number of nitrogens with one attached hydrogen (secondary N) is 1. The number of nitrogens with zero attached hydrogens (tertiary/aromatic N) is 1. The van der Waals surface area contributed by atoms with Crippen LogP contribution < -0.4 is 10.1 Å². The third kappa shape index (κ3) is 5.44. The quantitative estimate of drug-likeness (QED) is 0.188. The van der Waals surface area contributed by atoms with Crippen LogP contribution >= 0.6 is 0 Å². The van der Waals surface area contributed by atoms with Crippen molar-refractivity contribution >= 4 is 27.7 Å². The maximum Gasteiger partial charge on any atom is 0.145 e. The molecule has 0 amide bonds. The van der Waals surface area contributed by atoms with E-state index in [1.165, 1.54) is 27.8 Å². The standard InChI is InChI=1S/C59H40N2O2/c1-2-15-38(16-3-1)52-36-53(39-31-29-37(30-32-39)42-22-14-23-46-45-20-8-12-27-54(45)63-57(42)46)61-58(60-52)47-21-5-4-17-41(47)40-33-34-51-56(35-40)62-55-28-13-11-26-50(55)59(51)48-24-9-6-18-43(48)44-19-7-10-25-49(44)59/h1-15,17-36,38,58,60H,16H2. The van der Waals surface area contributed by atoms with E-state index in [9.17, 15) is 0 Å². The van der Waals surface area contributed by atoms with E-state index >= 15 is 0 Å². The lowest BCUT2D eigenvalue weighted by atomic mass is 9.66. The van der Waals surface area contributed by atoms with E-state index in [1.54, 1.807) is 0 Å². The van der Waals surface area contributed by atoms with Crippen molar-refractivity contribution in [3.8, 4) is 44.9 Å². The van der Waals surface area contributed by atoms with E-state index in [2.05, 4.69) is 206 Å². The third-order valence-corrected chi connectivity index (χ3v) is 13.6. The lowest BCUT2D eigenvalue weighted by Gasteiger charge is -2.39. The number of aliphatic imine (C=N–C) groups is 1. The Balaban J connectivity index is 0.912. The van der Waals surface area contributed by atoms with Gasteiger partial charge >= 0.3 is 0 Å². The second-order valence-corrected chi connectivity index (χ2v) is 16.9. The fourth-order valence-electron chi connectivity index (χ4n) is 10.7. The first-order valence-electron chi connectivity index (χ1n) is 21.8. The predicted octanol–water partition coefficient (Wildman–Crippen LogP) is 14.5. The summed E-state index contributed by atoms with van der Waals surface area (Å²) in [6, 6.07) is 65.2. The first-order valence-corrected chi connectivity index (χ1v) is 21.8. The van der Waals surface area contributed by atoms with Gasteiger partial charge in [0.25, 0.3) is 0 Å². The number of rotatable bonds is 5. The van der Waals surface area contributed by atoms with Crippen molar-refractivity contribution in [2.75, 3.05) is 0 Å². The molecule has 4 aliphatic rings. The third-order valence-electron chi connectivity index (χ3n) is 13.6. The Labute approximate surface area is 365 Å². The van der Waals surface area contributed by atoms with Crippen LogP contribution in [0.5, 0.6) is 11.5 Å². The zero-order chi connectivity index (χ0) is 41.5. The first kappa shape index (κ1) is 35.8. The molecule has 0 fully saturated rings. The number of ether oxygens (including phenoxy) is 1. The molecule has 2 aliphatic heterocycles. The fourth-order valence-corrected chi connectivity index (χ4v) is 10.7. The molecule has 8 aromatic carbocycles. The number of benzene rings is 8. The SMILES string of the molecule is C1=CCC(C2=CC(c3ccc(-c4cccc5c4oc4ccccc45)cc3)=NC(c3ccccc3-c3ccc4c(c3)Oc3ccccc3C43c4ccccc4-c4ccccc43)N2)C=C1. The molecule has 2 unspecified atom stereocenters. The maximum absolute atomic E-state index is 6.92. The number of fused-ring (bicyclic) bond motifs is 12. The molecule has 298 valence electrons. The van der Waals surface area contributed by atoms with Crippen molar-refractivity contribution in [3.63, 3.8) is 0 Å². The number of hydrogen-bond donors (Lipinski definition) is 1. The zero-order valence-electron chi connectivity index (χ0n) is 34.3. The number of furan rings is 1. The minimum atomic E-state index is -0.505. The van der Waals surface area contributed by atoms with Gasteiger partial charge in [-0.25, -0.2) is 0 Å². The number of para-hydroxylation sites is 3. The lowest BCUT2D eigenvalue weighted by molar-refractivity contribution is 0.436. The average Bonchev–Trinajstić information content (AvgIpc) is 3.88. The summed E-state index contributed by atoms with van der Waals surface area (Å²) >= 11 is 0. The summed E-state index contributed by atoms with van der Waals surface area (Å²) in [5, 5.41) is 6.16. The number of hydrogen-bond acceptors (Lipinski definition) is 4. The molecule has 1 aromatic heterocycles. The molecule has 0 bridgehead atoms. The Morgan fingerprint density at radius 2 is 1.17 bits per heavy atom. The van der Waals surface area contributed by atoms with Gasteiger partial charge in [0.15, 0.2) is 0 Å². The van der Waals surface area contributed by atoms with E-state index in [-0.39, 0.29) is 12.1 Å². The van der Waals surface area contributed by atoms with Crippen molar-refractivity contribution in [3.05, 3.63) is 251 Å². The molecule has 1 N–H and O–H groups in total. The van der Waals surface area contributed by atoms with Crippen LogP contribution in [0.4, 0.5) is 0 Å². The van der Waals surface area contributed by atoms with Crippen LogP contribution in [0.3, 0.4) is 0 Å². The molecule has 9 aromatic rings. The molecule has 0 saturated heterocycles. The molecular formula is C59H40N2O2. The summed E-state index contributed by atoms with van der Waals surface area (Å²) in [7, 11) is 0. The molecule has 2 aliphatic carbocycles. The monoisotopic (exact) mass is 808 g/mol. The maximum atomic E-state index is 6.92. The van der Waals surface area contributed by atoms with Crippen molar-refractivity contribution in [1.29, 1.82) is 0 Å². The fraction of sp³-hybridized carbons (Fsp3) is 0.0678. The molecule has 1 spiro atoms. The molecular weight excluding hydrogens is 769 g/mol. The van der Waals surface area contributed by atoms with Crippen molar-refractivity contribution in [2.45, 2.75) is 18.0 Å². The van der Waals surface area contributed by atoms with Crippen molar-refractivity contribution in [1.82, 2.24) is 5.32 Å². The molecule has 0 radical (unpaired) electrons. The van der Waals surface area contributed by atoms with Gasteiger partial charge in [0.1, 0.15) is 28.8 Å². The molecule has 3 heterocycles.